The summed E-state index contributed by atoms with van der Waals surface area (Å²) in [6, 6.07) is 3.74. The van der Waals surface area contributed by atoms with Crippen molar-refractivity contribution < 1.29 is 4.42 Å². The van der Waals surface area contributed by atoms with Crippen molar-refractivity contribution in [3.05, 3.63) is 30.4 Å². The molecule has 0 amide bonds. The summed E-state index contributed by atoms with van der Waals surface area (Å²) in [5.74, 6) is 2.07. The molecule has 0 spiro atoms. The molecule has 6 heteroatoms. The third-order valence-corrected chi connectivity index (χ3v) is 2.40. The van der Waals surface area contributed by atoms with Crippen molar-refractivity contribution in [2.75, 3.05) is 17.2 Å². The monoisotopic (exact) mass is 247 g/mol. The van der Waals surface area contributed by atoms with Gasteiger partial charge in [-0.05, 0) is 18.6 Å². The molecular weight excluding hydrogens is 230 g/mol. The average molecular weight is 247 g/mol. The second kappa shape index (κ2) is 6.58. The molecule has 0 aromatic carbocycles. The minimum atomic E-state index is 0.493. The fourth-order valence-electron chi connectivity index (χ4n) is 1.44. The molecule has 0 aliphatic heterocycles. The fraction of sp³-hybridized carbons (Fsp3) is 0.417. The number of hydrogen-bond donors (Lipinski definition) is 2. The molecule has 2 aromatic heterocycles. The van der Waals surface area contributed by atoms with Gasteiger partial charge in [-0.25, -0.2) is 0 Å². The van der Waals surface area contributed by atoms with Gasteiger partial charge in [0, 0.05) is 6.54 Å². The summed E-state index contributed by atoms with van der Waals surface area (Å²) < 4.78 is 5.21. The van der Waals surface area contributed by atoms with Gasteiger partial charge >= 0.3 is 0 Å². The van der Waals surface area contributed by atoms with E-state index in [9.17, 15) is 0 Å². The topological polar surface area (TPSA) is 75.9 Å². The van der Waals surface area contributed by atoms with Crippen LogP contribution in [0, 0.1) is 0 Å². The van der Waals surface area contributed by atoms with E-state index in [1.54, 1.807) is 12.5 Å². The fourth-order valence-corrected chi connectivity index (χ4v) is 1.44. The molecule has 0 fully saturated rings. The van der Waals surface area contributed by atoms with Crippen LogP contribution >= 0.6 is 0 Å². The zero-order valence-electron chi connectivity index (χ0n) is 10.4. The summed E-state index contributed by atoms with van der Waals surface area (Å²) in [6.45, 7) is 3.59. The average Bonchev–Trinajstić information content (AvgIpc) is 2.90. The minimum Gasteiger partial charge on any atom is -0.467 e. The van der Waals surface area contributed by atoms with Gasteiger partial charge in [-0.2, -0.15) is 10.1 Å². The van der Waals surface area contributed by atoms with E-state index in [4.69, 9.17) is 4.42 Å². The standard InChI is InChI=1S/C12H17N5O/c1-2-3-6-13-11-9-15-17-12(16-11)14-8-10-5-4-7-18-10/h4-5,7,9H,2-3,6,8H2,1H3,(H2,13,14,16,17). The predicted octanol–water partition coefficient (Wildman–Crippen LogP) is 2.29. The normalized spacial score (nSPS) is 10.3. The van der Waals surface area contributed by atoms with Crippen molar-refractivity contribution in [3.8, 4) is 0 Å². The molecule has 0 atom stereocenters. The first-order valence-electron chi connectivity index (χ1n) is 6.08. The van der Waals surface area contributed by atoms with E-state index in [2.05, 4.69) is 32.7 Å². The summed E-state index contributed by atoms with van der Waals surface area (Å²) in [6.07, 6.45) is 5.51. The van der Waals surface area contributed by atoms with Gasteiger partial charge in [0.2, 0.25) is 5.95 Å². The number of rotatable bonds is 7. The van der Waals surface area contributed by atoms with Crippen molar-refractivity contribution in [2.24, 2.45) is 0 Å². The maximum Gasteiger partial charge on any atom is 0.245 e. The van der Waals surface area contributed by atoms with E-state index in [-0.39, 0.29) is 0 Å². The van der Waals surface area contributed by atoms with Crippen LogP contribution in [-0.2, 0) is 6.54 Å². The lowest BCUT2D eigenvalue weighted by atomic mass is 10.3. The van der Waals surface area contributed by atoms with Gasteiger partial charge in [0.25, 0.3) is 0 Å². The molecule has 18 heavy (non-hydrogen) atoms. The van der Waals surface area contributed by atoms with E-state index < -0.39 is 0 Å². The molecule has 6 nitrogen and oxygen atoms in total. The summed E-state index contributed by atoms with van der Waals surface area (Å²) in [5.41, 5.74) is 0. The Morgan fingerprint density at radius 2 is 2.28 bits per heavy atom. The smallest absolute Gasteiger partial charge is 0.245 e. The molecule has 2 heterocycles. The zero-order valence-corrected chi connectivity index (χ0v) is 10.4. The molecule has 0 aliphatic carbocycles. The van der Waals surface area contributed by atoms with Gasteiger partial charge in [-0.3, -0.25) is 0 Å². The van der Waals surface area contributed by atoms with Gasteiger partial charge < -0.3 is 15.1 Å². The first-order valence-corrected chi connectivity index (χ1v) is 6.08. The molecule has 2 rings (SSSR count). The number of hydrogen-bond acceptors (Lipinski definition) is 6. The summed E-state index contributed by atoms with van der Waals surface area (Å²) in [5, 5.41) is 14.1. The molecule has 0 bridgehead atoms. The quantitative estimate of drug-likeness (QED) is 0.731. The molecule has 2 N–H and O–H groups in total. The lowest BCUT2D eigenvalue weighted by Gasteiger charge is -2.06. The molecule has 0 aliphatic rings. The van der Waals surface area contributed by atoms with E-state index >= 15 is 0 Å². The number of nitrogens with one attached hydrogen (secondary N) is 2. The highest BCUT2D eigenvalue weighted by molar-refractivity contribution is 5.36. The van der Waals surface area contributed by atoms with Crippen LogP contribution in [0.2, 0.25) is 0 Å². The van der Waals surface area contributed by atoms with Crippen LogP contribution in [0.5, 0.6) is 0 Å². The Morgan fingerprint density at radius 3 is 3.06 bits per heavy atom. The molecule has 0 saturated heterocycles. The number of unbranched alkanes of at least 4 members (excludes halogenated alkanes) is 1. The highest BCUT2D eigenvalue weighted by atomic mass is 16.3. The van der Waals surface area contributed by atoms with E-state index in [1.807, 2.05) is 12.1 Å². The minimum absolute atomic E-state index is 0.493. The van der Waals surface area contributed by atoms with Gasteiger partial charge in [-0.1, -0.05) is 13.3 Å². The van der Waals surface area contributed by atoms with E-state index in [1.165, 1.54) is 0 Å². The number of nitrogens with zero attached hydrogens (tertiary/aromatic N) is 3. The van der Waals surface area contributed by atoms with Crippen LogP contribution in [0.3, 0.4) is 0 Å². The highest BCUT2D eigenvalue weighted by Crippen LogP contribution is 2.06. The second-order valence-corrected chi connectivity index (χ2v) is 3.88. The molecule has 0 saturated carbocycles. The number of furan rings is 1. The van der Waals surface area contributed by atoms with Gasteiger partial charge in [0.05, 0.1) is 19.0 Å². The Balaban J connectivity index is 1.86. The van der Waals surface area contributed by atoms with Crippen LogP contribution < -0.4 is 10.6 Å². The van der Waals surface area contributed by atoms with Crippen molar-refractivity contribution in [3.63, 3.8) is 0 Å². The molecular formula is C12H17N5O. The maximum atomic E-state index is 5.21. The second-order valence-electron chi connectivity index (χ2n) is 3.88. The largest absolute Gasteiger partial charge is 0.467 e. The molecule has 0 unspecified atom stereocenters. The maximum absolute atomic E-state index is 5.21. The molecule has 2 aromatic rings. The van der Waals surface area contributed by atoms with Gasteiger partial charge in [0.1, 0.15) is 11.6 Å². The Morgan fingerprint density at radius 1 is 1.33 bits per heavy atom. The lowest BCUT2D eigenvalue weighted by molar-refractivity contribution is 0.517. The summed E-state index contributed by atoms with van der Waals surface area (Å²) >= 11 is 0. The van der Waals surface area contributed by atoms with Gasteiger partial charge in [-0.15, -0.1) is 5.10 Å². The lowest BCUT2D eigenvalue weighted by Crippen LogP contribution is -2.08. The van der Waals surface area contributed by atoms with E-state index in [0.29, 0.717) is 12.5 Å². The number of anilines is 2. The van der Waals surface area contributed by atoms with Crippen molar-refractivity contribution in [1.82, 2.24) is 15.2 Å². The van der Waals surface area contributed by atoms with E-state index in [0.717, 1.165) is 31.0 Å². The molecule has 0 radical (unpaired) electrons. The Hall–Kier alpha value is -2.11. The van der Waals surface area contributed by atoms with Crippen LogP contribution in [0.1, 0.15) is 25.5 Å². The number of aromatic nitrogens is 3. The predicted molar refractivity (Wildman–Crippen MR) is 69.3 cm³/mol. The van der Waals surface area contributed by atoms with Crippen LogP contribution in [0.25, 0.3) is 0 Å². The van der Waals surface area contributed by atoms with Crippen LogP contribution in [-0.4, -0.2) is 21.7 Å². The summed E-state index contributed by atoms with van der Waals surface area (Å²) in [4.78, 5) is 4.31. The van der Waals surface area contributed by atoms with Crippen LogP contribution in [0.15, 0.2) is 29.0 Å². The Kier molecular flexibility index (Phi) is 4.52. The Labute approximate surface area is 106 Å². The first-order chi connectivity index (χ1) is 8.88. The Bertz CT molecular complexity index is 457. The summed E-state index contributed by atoms with van der Waals surface area (Å²) in [7, 11) is 0. The third-order valence-electron chi connectivity index (χ3n) is 2.40. The van der Waals surface area contributed by atoms with Crippen molar-refractivity contribution >= 4 is 11.8 Å². The third kappa shape index (κ3) is 3.73. The SMILES string of the molecule is CCCCNc1cnnc(NCc2ccco2)n1. The highest BCUT2D eigenvalue weighted by Gasteiger charge is 2.01. The van der Waals surface area contributed by atoms with Gasteiger partial charge in [0.15, 0.2) is 0 Å². The zero-order chi connectivity index (χ0) is 12.6. The van der Waals surface area contributed by atoms with Crippen molar-refractivity contribution in [2.45, 2.75) is 26.3 Å². The van der Waals surface area contributed by atoms with Crippen molar-refractivity contribution in [1.29, 1.82) is 0 Å². The first kappa shape index (κ1) is 12.3. The van der Waals surface area contributed by atoms with Crippen LogP contribution in [0.4, 0.5) is 11.8 Å². The molecule has 96 valence electrons.